The Bertz CT molecular complexity index is 2400. The molecule has 1 amide bonds. The van der Waals surface area contributed by atoms with Crippen molar-refractivity contribution in [2.75, 3.05) is 28.3 Å². The van der Waals surface area contributed by atoms with Gasteiger partial charge in [0.05, 0.1) is 40.2 Å². The summed E-state index contributed by atoms with van der Waals surface area (Å²) < 4.78 is 0. The predicted octanol–water partition coefficient (Wildman–Crippen LogP) is 6.34. The maximum atomic E-state index is 14.3. The molecule has 0 spiro atoms. The average Bonchev–Trinajstić information content (AvgIpc) is 3.70. The smallest absolute Gasteiger partial charge is 0.245 e. The number of thiazole rings is 1. The summed E-state index contributed by atoms with van der Waals surface area (Å²) in [6, 6.07) is 14.7. The first kappa shape index (κ1) is 31.6. The summed E-state index contributed by atoms with van der Waals surface area (Å²) in [5.41, 5.74) is 3.84. The Morgan fingerprint density at radius 1 is 1.00 bits per heavy atom. The van der Waals surface area contributed by atoms with E-state index in [4.69, 9.17) is 34.8 Å². The van der Waals surface area contributed by atoms with Gasteiger partial charge in [0.15, 0.2) is 22.5 Å². The van der Waals surface area contributed by atoms with Crippen LogP contribution in [0.1, 0.15) is 29.8 Å². The molecule has 2 unspecified atom stereocenters. The molecule has 5 aromatic rings. The van der Waals surface area contributed by atoms with Crippen LogP contribution in [0.5, 0.6) is 0 Å². The maximum absolute atomic E-state index is 14.3. The van der Waals surface area contributed by atoms with Crippen LogP contribution in [0.15, 0.2) is 66.4 Å². The van der Waals surface area contributed by atoms with E-state index in [-0.39, 0.29) is 30.7 Å². The van der Waals surface area contributed by atoms with Crippen molar-refractivity contribution in [3.63, 3.8) is 0 Å². The Balaban J connectivity index is 1.11. The Hall–Kier alpha value is -4.61. The number of halogens is 3. The lowest BCUT2D eigenvalue weighted by Gasteiger charge is -2.42. The van der Waals surface area contributed by atoms with Gasteiger partial charge in [0, 0.05) is 22.4 Å². The fourth-order valence-electron chi connectivity index (χ4n) is 7.01. The van der Waals surface area contributed by atoms with Crippen LogP contribution in [0.3, 0.4) is 0 Å². The van der Waals surface area contributed by atoms with Gasteiger partial charge < -0.3 is 15.1 Å². The highest BCUT2D eigenvalue weighted by Gasteiger charge is 2.50. The number of benzene rings is 3. The molecule has 0 fully saturated rings. The zero-order valence-corrected chi connectivity index (χ0v) is 29.1. The highest BCUT2D eigenvalue weighted by molar-refractivity contribution is 7.14. The number of carbonyl (C=O) groups is 3. The number of rotatable bonds is 5. The van der Waals surface area contributed by atoms with Crippen LogP contribution in [0.2, 0.25) is 15.1 Å². The number of fused-ring (bicyclic) bond motifs is 6. The summed E-state index contributed by atoms with van der Waals surface area (Å²) in [6.45, 7) is 3.91. The van der Waals surface area contributed by atoms with Gasteiger partial charge in [0.25, 0.3) is 0 Å². The largest absolute Gasteiger partial charge is 0.340 e. The molecule has 244 valence electrons. The molecule has 3 aromatic carbocycles. The third kappa shape index (κ3) is 5.04. The fraction of sp³-hybridized carbons (Fsp3) is 0.167. The van der Waals surface area contributed by atoms with E-state index in [1.807, 2.05) is 66.1 Å². The minimum Gasteiger partial charge on any atom is -0.340 e. The molecule has 0 radical (unpaired) electrons. The minimum atomic E-state index is -1.16. The molecule has 2 aromatic heterocycles. The van der Waals surface area contributed by atoms with Gasteiger partial charge in [-0.25, -0.2) is 15.0 Å². The molecule has 0 saturated heterocycles. The summed E-state index contributed by atoms with van der Waals surface area (Å²) in [6.07, 6.45) is 6.70. The van der Waals surface area contributed by atoms with Gasteiger partial charge in [-0.3, -0.25) is 14.4 Å². The molecule has 0 bridgehead atoms. The molecule has 9 nitrogen and oxygen atoms in total. The van der Waals surface area contributed by atoms with Crippen molar-refractivity contribution >= 4 is 92.4 Å². The number of hydrogen-bond donors (Lipinski definition) is 1. The number of aromatic nitrogens is 3. The number of nitrogens with one attached hydrogen (secondary N) is 1. The number of nitrogens with zero attached hydrogens (tertiary/aromatic N) is 5. The van der Waals surface area contributed by atoms with E-state index in [9.17, 15) is 14.4 Å². The molecule has 49 heavy (non-hydrogen) atoms. The van der Waals surface area contributed by atoms with Crippen molar-refractivity contribution in [2.24, 2.45) is 5.92 Å². The summed E-state index contributed by atoms with van der Waals surface area (Å²) >= 11 is 19.9. The lowest BCUT2D eigenvalue weighted by molar-refractivity contribution is -0.126. The summed E-state index contributed by atoms with van der Waals surface area (Å²) in [5.74, 6) is -0.321. The van der Waals surface area contributed by atoms with Crippen molar-refractivity contribution < 1.29 is 14.4 Å². The Kier molecular flexibility index (Phi) is 7.60. The Morgan fingerprint density at radius 2 is 1.78 bits per heavy atom. The van der Waals surface area contributed by atoms with Crippen molar-refractivity contribution in [1.82, 2.24) is 15.0 Å². The molecule has 1 aliphatic heterocycles. The zero-order valence-electron chi connectivity index (χ0n) is 26.0. The topological polar surface area (TPSA) is 108 Å². The summed E-state index contributed by atoms with van der Waals surface area (Å²) in [5, 5.41) is 7.75. The lowest BCUT2D eigenvalue weighted by atomic mass is 9.73. The normalized spacial score (nSPS) is 19.0. The third-order valence-electron chi connectivity index (χ3n) is 9.37. The molecular formula is C36H25Cl3N6O3S. The van der Waals surface area contributed by atoms with Gasteiger partial charge in [0.2, 0.25) is 5.91 Å². The van der Waals surface area contributed by atoms with Crippen molar-refractivity contribution in [1.29, 1.82) is 0 Å². The van der Waals surface area contributed by atoms with Crippen LogP contribution < -0.4 is 25.6 Å². The van der Waals surface area contributed by atoms with E-state index >= 15 is 0 Å². The summed E-state index contributed by atoms with van der Waals surface area (Å²) in [4.78, 5) is 58.1. The van der Waals surface area contributed by atoms with Crippen LogP contribution >= 0.6 is 46.1 Å². The first-order chi connectivity index (χ1) is 23.5. The second-order valence-electron chi connectivity index (χ2n) is 12.3. The van der Waals surface area contributed by atoms with Gasteiger partial charge in [-0.15, -0.1) is 11.3 Å². The fourth-order valence-corrected chi connectivity index (χ4v) is 8.38. The average molecular weight is 728 g/mol. The van der Waals surface area contributed by atoms with E-state index in [1.165, 1.54) is 17.7 Å². The molecule has 2 aliphatic carbocycles. The van der Waals surface area contributed by atoms with Crippen molar-refractivity contribution in [2.45, 2.75) is 19.4 Å². The van der Waals surface area contributed by atoms with Crippen LogP contribution in [0, 0.1) is 5.92 Å². The molecule has 2 atom stereocenters. The second kappa shape index (κ2) is 11.8. The van der Waals surface area contributed by atoms with Gasteiger partial charge in [-0.2, -0.15) is 0 Å². The SMILES string of the molecule is CC1C=c2c(ccc3c2=CC(=O)c2ccccc2-3)C(C)(N2CN(CC(=O)Nc3nc(-c4cc(Cl)c(Cl)cc4Cl)cs3)c3cncnc32)C1=O. The third-order valence-corrected chi connectivity index (χ3v) is 11.2. The number of amides is 1. The van der Waals surface area contributed by atoms with Crippen LogP contribution in [0.4, 0.5) is 16.6 Å². The minimum absolute atomic E-state index is 0.0189. The quantitative estimate of drug-likeness (QED) is 0.209. The lowest BCUT2D eigenvalue weighted by Crippen LogP contribution is -2.59. The van der Waals surface area contributed by atoms with Crippen LogP contribution in [0.25, 0.3) is 34.5 Å². The molecule has 8 rings (SSSR count). The van der Waals surface area contributed by atoms with Crippen molar-refractivity contribution in [3.05, 3.63) is 103 Å². The first-order valence-electron chi connectivity index (χ1n) is 15.3. The monoisotopic (exact) mass is 726 g/mol. The summed E-state index contributed by atoms with van der Waals surface area (Å²) in [7, 11) is 0. The number of hydrogen-bond acceptors (Lipinski definition) is 9. The Labute approximate surface area is 299 Å². The molecule has 0 saturated carbocycles. The van der Waals surface area contributed by atoms with E-state index in [2.05, 4.69) is 20.3 Å². The van der Waals surface area contributed by atoms with Crippen molar-refractivity contribution in [3.8, 4) is 22.4 Å². The molecule has 1 N–H and O–H groups in total. The van der Waals surface area contributed by atoms with Gasteiger partial charge >= 0.3 is 0 Å². The van der Waals surface area contributed by atoms with Gasteiger partial charge in [0.1, 0.15) is 17.6 Å². The number of Topliss-reactive ketones (excluding diaryl/α,β-unsaturated/α-hetero) is 2. The van der Waals surface area contributed by atoms with E-state index in [0.717, 1.165) is 27.1 Å². The van der Waals surface area contributed by atoms with Crippen LogP contribution in [-0.4, -0.2) is 45.6 Å². The second-order valence-corrected chi connectivity index (χ2v) is 14.3. The molecule has 13 heteroatoms. The zero-order chi connectivity index (χ0) is 34.2. The number of ketones is 2. The van der Waals surface area contributed by atoms with E-state index < -0.39 is 11.5 Å². The van der Waals surface area contributed by atoms with E-state index in [0.29, 0.717) is 48.5 Å². The number of carbonyl (C=O) groups excluding carboxylic acids is 3. The first-order valence-corrected chi connectivity index (χ1v) is 17.3. The predicted molar refractivity (Wildman–Crippen MR) is 194 cm³/mol. The molecular weight excluding hydrogens is 703 g/mol. The highest BCUT2D eigenvalue weighted by Crippen LogP contribution is 2.44. The Morgan fingerprint density at radius 3 is 2.59 bits per heavy atom. The standard InChI is InChI=1S/C36H25Cl3N6O3S/c1-18-9-23-22-11-31(46)21-6-4-3-5-19(21)20(22)7-8-25(23)36(2,33(18)48)45-17-44(30-13-40-16-41-34(30)45)14-32(47)43-35-42-29(15-49-35)24-10-27(38)28(39)12-26(24)37/h3-13,15-16,18H,14,17H2,1-2H3,(H,42,43,47). The maximum Gasteiger partial charge on any atom is 0.245 e. The van der Waals surface area contributed by atoms with Crippen LogP contribution in [-0.2, 0) is 15.1 Å². The number of anilines is 3. The van der Waals surface area contributed by atoms with Gasteiger partial charge in [-0.05, 0) is 52.3 Å². The molecule has 3 aliphatic rings. The van der Waals surface area contributed by atoms with Gasteiger partial charge in [-0.1, -0.05) is 84.2 Å². The van der Waals surface area contributed by atoms with E-state index in [1.54, 1.807) is 29.8 Å². The molecule has 3 heterocycles. The highest BCUT2D eigenvalue weighted by atomic mass is 35.5.